The van der Waals surface area contributed by atoms with Gasteiger partial charge in [0.15, 0.2) is 5.69 Å². The molecule has 0 atom stereocenters. The normalized spacial score (nSPS) is 10.9. The van der Waals surface area contributed by atoms with E-state index in [-0.39, 0.29) is 11.6 Å². The summed E-state index contributed by atoms with van der Waals surface area (Å²) in [5.41, 5.74) is 1.03. The summed E-state index contributed by atoms with van der Waals surface area (Å²) in [6.45, 7) is 6.65. The van der Waals surface area contributed by atoms with E-state index in [0.717, 1.165) is 5.69 Å². The van der Waals surface area contributed by atoms with Crippen LogP contribution in [0.25, 0.3) is 0 Å². The molecule has 0 spiro atoms. The molecule has 14 heavy (non-hydrogen) atoms. The van der Waals surface area contributed by atoms with E-state index < -0.39 is 5.97 Å². The van der Waals surface area contributed by atoms with Gasteiger partial charge in [0.2, 0.25) is 0 Å². The lowest BCUT2D eigenvalue weighted by molar-refractivity contribution is 0.0688. The summed E-state index contributed by atoms with van der Waals surface area (Å²) in [4.78, 5) is 10.8. The van der Waals surface area contributed by atoms with Gasteiger partial charge < -0.3 is 5.11 Å². The van der Waals surface area contributed by atoms with Crippen LogP contribution in [0, 0.1) is 0 Å². The third-order valence-corrected chi connectivity index (χ3v) is 2.76. The number of hydrogen-bond donors (Lipinski definition) is 1. The molecule has 4 nitrogen and oxygen atoms in total. The van der Waals surface area contributed by atoms with E-state index in [2.05, 4.69) is 21.0 Å². The smallest absolute Gasteiger partial charge is 0.357 e. The quantitative estimate of drug-likeness (QED) is 0.909. The van der Waals surface area contributed by atoms with Crippen LogP contribution in [0.15, 0.2) is 4.47 Å². The topological polar surface area (TPSA) is 55.1 Å². The zero-order valence-corrected chi connectivity index (χ0v) is 10.00. The molecule has 0 amide bonds. The Morgan fingerprint density at radius 1 is 1.64 bits per heavy atom. The van der Waals surface area contributed by atoms with Crippen LogP contribution in [-0.2, 0) is 6.54 Å². The number of halogens is 1. The second kappa shape index (κ2) is 4.13. The zero-order valence-electron chi connectivity index (χ0n) is 8.41. The predicted molar refractivity (Wildman–Crippen MR) is 56.6 cm³/mol. The van der Waals surface area contributed by atoms with Crippen molar-refractivity contribution in [2.45, 2.75) is 33.2 Å². The third-order valence-electron chi connectivity index (χ3n) is 1.98. The maximum absolute atomic E-state index is 10.8. The van der Waals surface area contributed by atoms with Crippen LogP contribution >= 0.6 is 15.9 Å². The maximum Gasteiger partial charge on any atom is 0.357 e. The minimum Gasteiger partial charge on any atom is -0.476 e. The minimum atomic E-state index is -0.994. The molecule has 1 aromatic rings. The molecular formula is C9H13BrN2O2. The van der Waals surface area contributed by atoms with Crippen molar-refractivity contribution < 1.29 is 9.90 Å². The molecule has 1 N–H and O–H groups in total. The van der Waals surface area contributed by atoms with Gasteiger partial charge in [0, 0.05) is 6.54 Å². The highest BCUT2D eigenvalue weighted by Gasteiger charge is 2.21. The van der Waals surface area contributed by atoms with Crippen molar-refractivity contribution in [3.8, 4) is 0 Å². The van der Waals surface area contributed by atoms with Gasteiger partial charge in [0.25, 0.3) is 0 Å². The Hall–Kier alpha value is -0.840. The van der Waals surface area contributed by atoms with Gasteiger partial charge in [-0.25, -0.2) is 4.79 Å². The van der Waals surface area contributed by atoms with Crippen LogP contribution in [0.3, 0.4) is 0 Å². The number of nitrogens with zero attached hydrogens (tertiary/aromatic N) is 2. The molecule has 0 saturated carbocycles. The van der Waals surface area contributed by atoms with Gasteiger partial charge in [0.1, 0.15) is 0 Å². The highest BCUT2D eigenvalue weighted by atomic mass is 79.9. The molecule has 0 aromatic carbocycles. The van der Waals surface area contributed by atoms with Crippen LogP contribution in [0.5, 0.6) is 0 Å². The van der Waals surface area contributed by atoms with E-state index in [1.54, 1.807) is 4.68 Å². The number of carbonyl (C=O) groups is 1. The third kappa shape index (κ3) is 1.82. The second-order valence-electron chi connectivity index (χ2n) is 3.32. The predicted octanol–water partition coefficient (Wildman–Crippen LogP) is 2.49. The first-order chi connectivity index (χ1) is 6.49. The summed E-state index contributed by atoms with van der Waals surface area (Å²) >= 11 is 3.28. The molecule has 0 radical (unpaired) electrons. The van der Waals surface area contributed by atoms with Crippen molar-refractivity contribution in [1.82, 2.24) is 9.78 Å². The summed E-state index contributed by atoms with van der Waals surface area (Å²) in [6.07, 6.45) is 0. The van der Waals surface area contributed by atoms with Crippen LogP contribution in [0.4, 0.5) is 0 Å². The number of carboxylic acid groups (broad SMARTS) is 1. The molecule has 0 unspecified atom stereocenters. The van der Waals surface area contributed by atoms with Crippen LogP contribution in [0.1, 0.15) is 42.9 Å². The lowest BCUT2D eigenvalue weighted by Gasteiger charge is -2.07. The fraction of sp³-hybridized carbons (Fsp3) is 0.556. The number of aromatic carboxylic acids is 1. The Morgan fingerprint density at radius 3 is 2.50 bits per heavy atom. The number of carboxylic acids is 1. The van der Waals surface area contributed by atoms with E-state index in [1.165, 1.54) is 0 Å². The summed E-state index contributed by atoms with van der Waals surface area (Å²) in [7, 11) is 0. The van der Waals surface area contributed by atoms with Gasteiger partial charge in [-0.3, -0.25) is 4.68 Å². The molecule has 0 fully saturated rings. The summed E-state index contributed by atoms with van der Waals surface area (Å²) in [5.74, 6) is -0.740. The molecule has 0 aliphatic carbocycles. The van der Waals surface area contributed by atoms with Gasteiger partial charge >= 0.3 is 5.97 Å². The Kier molecular flexibility index (Phi) is 3.31. The van der Waals surface area contributed by atoms with Crippen LogP contribution in [-0.4, -0.2) is 20.9 Å². The van der Waals surface area contributed by atoms with Crippen molar-refractivity contribution in [3.63, 3.8) is 0 Å². The average Bonchev–Trinajstić information content (AvgIpc) is 2.42. The number of hydrogen-bond acceptors (Lipinski definition) is 2. The monoisotopic (exact) mass is 260 g/mol. The molecule has 0 aliphatic heterocycles. The standard InChI is InChI=1S/C9H13BrN2O2/c1-4-12-8(5(2)3)6(10)7(11-12)9(13)14/h5H,4H2,1-3H3,(H,13,14). The van der Waals surface area contributed by atoms with Crippen molar-refractivity contribution in [1.29, 1.82) is 0 Å². The Balaban J connectivity index is 3.33. The number of aromatic nitrogens is 2. The minimum absolute atomic E-state index is 0.0931. The first-order valence-corrected chi connectivity index (χ1v) is 5.27. The molecule has 1 aromatic heterocycles. The summed E-state index contributed by atoms with van der Waals surface area (Å²) < 4.78 is 2.32. The molecule has 1 heterocycles. The lowest BCUT2D eigenvalue weighted by atomic mass is 10.1. The largest absolute Gasteiger partial charge is 0.476 e. The van der Waals surface area contributed by atoms with Gasteiger partial charge in [-0.1, -0.05) is 13.8 Å². The molecule has 5 heteroatoms. The number of rotatable bonds is 3. The Bertz CT molecular complexity index is 358. The van der Waals surface area contributed by atoms with Gasteiger partial charge in [0.05, 0.1) is 10.2 Å². The van der Waals surface area contributed by atoms with E-state index in [4.69, 9.17) is 5.11 Å². The Labute approximate surface area is 91.1 Å². The summed E-state index contributed by atoms with van der Waals surface area (Å²) in [5, 5.41) is 12.9. The first-order valence-electron chi connectivity index (χ1n) is 4.48. The van der Waals surface area contributed by atoms with Gasteiger partial charge in [-0.15, -0.1) is 0 Å². The van der Waals surface area contributed by atoms with Crippen LogP contribution in [0.2, 0.25) is 0 Å². The van der Waals surface area contributed by atoms with E-state index in [1.807, 2.05) is 20.8 Å². The van der Waals surface area contributed by atoms with Crippen molar-refractivity contribution in [3.05, 3.63) is 15.9 Å². The average molecular weight is 261 g/mol. The molecule has 78 valence electrons. The molecule has 1 rings (SSSR count). The maximum atomic E-state index is 10.8. The van der Waals surface area contributed by atoms with Crippen molar-refractivity contribution in [2.24, 2.45) is 0 Å². The Morgan fingerprint density at radius 2 is 2.21 bits per heavy atom. The molecule has 0 bridgehead atoms. The van der Waals surface area contributed by atoms with Crippen LogP contribution < -0.4 is 0 Å². The molecular weight excluding hydrogens is 248 g/mol. The fourth-order valence-electron chi connectivity index (χ4n) is 1.38. The highest BCUT2D eigenvalue weighted by molar-refractivity contribution is 9.10. The highest BCUT2D eigenvalue weighted by Crippen LogP contribution is 2.27. The van der Waals surface area contributed by atoms with E-state index in [0.29, 0.717) is 11.0 Å². The molecule has 0 aliphatic rings. The zero-order chi connectivity index (χ0) is 10.9. The van der Waals surface area contributed by atoms with Crippen molar-refractivity contribution in [2.75, 3.05) is 0 Å². The van der Waals surface area contributed by atoms with E-state index >= 15 is 0 Å². The molecule has 0 saturated heterocycles. The van der Waals surface area contributed by atoms with Crippen molar-refractivity contribution >= 4 is 21.9 Å². The van der Waals surface area contributed by atoms with E-state index in [9.17, 15) is 4.79 Å². The summed E-state index contributed by atoms with van der Waals surface area (Å²) in [6, 6.07) is 0. The fourth-order valence-corrected chi connectivity index (χ4v) is 2.29. The number of aryl methyl sites for hydroxylation is 1. The first kappa shape index (κ1) is 11.2. The SMILES string of the molecule is CCn1nc(C(=O)O)c(Br)c1C(C)C. The van der Waals surface area contributed by atoms with Gasteiger partial charge in [-0.05, 0) is 28.8 Å². The lowest BCUT2D eigenvalue weighted by Crippen LogP contribution is -2.05. The second-order valence-corrected chi connectivity index (χ2v) is 4.12. The van der Waals surface area contributed by atoms with Gasteiger partial charge in [-0.2, -0.15) is 5.10 Å².